The Balaban J connectivity index is 3.45. The van der Waals surface area contributed by atoms with E-state index in [2.05, 4.69) is 0 Å². The van der Waals surface area contributed by atoms with Crippen molar-refractivity contribution in [2.75, 3.05) is 6.54 Å². The number of hydrogen-bond donors (Lipinski definition) is 2. The van der Waals surface area contributed by atoms with Crippen LogP contribution in [0.1, 0.15) is 52.4 Å². The summed E-state index contributed by atoms with van der Waals surface area (Å²) in [5.74, 6) is 0. The SMILES string of the molecule is CCC(O)(CC)CCCCCN. The fourth-order valence-electron chi connectivity index (χ4n) is 1.38. The second-order valence-electron chi connectivity index (χ2n) is 3.53. The molecule has 0 amide bonds. The zero-order chi connectivity index (χ0) is 9.45. The third-order valence-electron chi connectivity index (χ3n) is 2.66. The van der Waals surface area contributed by atoms with Crippen LogP contribution in [0.5, 0.6) is 0 Å². The summed E-state index contributed by atoms with van der Waals surface area (Å²) in [5.41, 5.74) is 4.97. The van der Waals surface area contributed by atoms with Crippen molar-refractivity contribution in [3.63, 3.8) is 0 Å². The second-order valence-corrected chi connectivity index (χ2v) is 3.53. The van der Waals surface area contributed by atoms with Crippen molar-refractivity contribution in [2.24, 2.45) is 5.73 Å². The number of unbranched alkanes of at least 4 members (excludes halogenated alkanes) is 2. The Morgan fingerprint density at radius 2 is 1.67 bits per heavy atom. The molecule has 0 unspecified atom stereocenters. The second kappa shape index (κ2) is 6.44. The van der Waals surface area contributed by atoms with Crippen molar-refractivity contribution in [3.05, 3.63) is 0 Å². The average Bonchev–Trinajstić information content (AvgIpc) is 2.12. The maximum atomic E-state index is 9.90. The minimum atomic E-state index is -0.408. The number of hydrogen-bond acceptors (Lipinski definition) is 2. The first-order valence-corrected chi connectivity index (χ1v) is 5.11. The van der Waals surface area contributed by atoms with Gasteiger partial charge < -0.3 is 10.8 Å². The average molecular weight is 173 g/mol. The Kier molecular flexibility index (Phi) is 6.39. The highest BCUT2D eigenvalue weighted by atomic mass is 16.3. The molecule has 0 spiro atoms. The van der Waals surface area contributed by atoms with Crippen LogP contribution in [0.15, 0.2) is 0 Å². The molecule has 3 N–H and O–H groups in total. The quantitative estimate of drug-likeness (QED) is 0.579. The van der Waals surface area contributed by atoms with Gasteiger partial charge in [-0.15, -0.1) is 0 Å². The highest BCUT2D eigenvalue weighted by molar-refractivity contribution is 4.74. The molecule has 0 bridgehead atoms. The lowest BCUT2D eigenvalue weighted by Crippen LogP contribution is -2.26. The first-order valence-electron chi connectivity index (χ1n) is 5.11. The van der Waals surface area contributed by atoms with Gasteiger partial charge in [-0.1, -0.05) is 26.7 Å². The van der Waals surface area contributed by atoms with E-state index in [4.69, 9.17) is 5.73 Å². The van der Waals surface area contributed by atoms with Crippen LogP contribution in [0.25, 0.3) is 0 Å². The van der Waals surface area contributed by atoms with Crippen LogP contribution in [-0.2, 0) is 0 Å². The van der Waals surface area contributed by atoms with Crippen LogP contribution < -0.4 is 5.73 Å². The maximum Gasteiger partial charge on any atom is 0.0642 e. The predicted molar refractivity (Wildman–Crippen MR) is 53.1 cm³/mol. The summed E-state index contributed by atoms with van der Waals surface area (Å²) >= 11 is 0. The Hall–Kier alpha value is -0.0800. The zero-order valence-electron chi connectivity index (χ0n) is 8.47. The molecule has 2 nitrogen and oxygen atoms in total. The first kappa shape index (κ1) is 11.9. The maximum absolute atomic E-state index is 9.90. The van der Waals surface area contributed by atoms with Crippen molar-refractivity contribution in [2.45, 2.75) is 58.0 Å². The number of nitrogens with two attached hydrogens (primary N) is 1. The molecule has 2 heteroatoms. The Morgan fingerprint density at radius 1 is 1.08 bits per heavy atom. The van der Waals surface area contributed by atoms with E-state index in [1.54, 1.807) is 0 Å². The van der Waals surface area contributed by atoms with Gasteiger partial charge in [0.1, 0.15) is 0 Å². The van der Waals surface area contributed by atoms with Crippen LogP contribution in [0.4, 0.5) is 0 Å². The van der Waals surface area contributed by atoms with E-state index in [0.29, 0.717) is 0 Å². The summed E-state index contributed by atoms with van der Waals surface area (Å²) in [5, 5.41) is 9.90. The fraction of sp³-hybridized carbons (Fsp3) is 1.00. The topological polar surface area (TPSA) is 46.2 Å². The van der Waals surface area contributed by atoms with Gasteiger partial charge in [0.25, 0.3) is 0 Å². The van der Waals surface area contributed by atoms with Crippen LogP contribution in [-0.4, -0.2) is 17.3 Å². The van der Waals surface area contributed by atoms with E-state index >= 15 is 0 Å². The van der Waals surface area contributed by atoms with Crippen molar-refractivity contribution in [1.29, 1.82) is 0 Å². The van der Waals surface area contributed by atoms with Crippen molar-refractivity contribution in [3.8, 4) is 0 Å². The van der Waals surface area contributed by atoms with Gasteiger partial charge in [0.05, 0.1) is 5.60 Å². The lowest BCUT2D eigenvalue weighted by atomic mass is 9.91. The van der Waals surface area contributed by atoms with E-state index in [9.17, 15) is 5.11 Å². The molecule has 0 atom stereocenters. The summed E-state index contributed by atoms with van der Waals surface area (Å²) < 4.78 is 0. The Morgan fingerprint density at radius 3 is 2.08 bits per heavy atom. The number of aliphatic hydroxyl groups is 1. The van der Waals surface area contributed by atoms with Crippen LogP contribution in [0.2, 0.25) is 0 Å². The van der Waals surface area contributed by atoms with Gasteiger partial charge in [-0.25, -0.2) is 0 Å². The highest BCUT2D eigenvalue weighted by Gasteiger charge is 2.20. The molecule has 0 aliphatic carbocycles. The van der Waals surface area contributed by atoms with E-state index in [0.717, 1.165) is 45.1 Å². The molecular formula is C10H23NO. The third kappa shape index (κ3) is 4.73. The van der Waals surface area contributed by atoms with Crippen molar-refractivity contribution < 1.29 is 5.11 Å². The molecule has 0 rings (SSSR count). The Bertz CT molecular complexity index is 100. The molecule has 0 aromatic heterocycles. The van der Waals surface area contributed by atoms with Gasteiger partial charge >= 0.3 is 0 Å². The van der Waals surface area contributed by atoms with Crippen LogP contribution in [0.3, 0.4) is 0 Å². The summed E-state index contributed by atoms with van der Waals surface area (Å²) in [7, 11) is 0. The molecule has 0 aromatic carbocycles. The first-order chi connectivity index (χ1) is 5.68. The minimum absolute atomic E-state index is 0.408. The summed E-state index contributed by atoms with van der Waals surface area (Å²) in [6.07, 6.45) is 6.01. The molecule has 0 aromatic rings. The van der Waals surface area contributed by atoms with Gasteiger partial charge in [0.2, 0.25) is 0 Å². The van der Waals surface area contributed by atoms with E-state index in [1.807, 2.05) is 13.8 Å². The Labute approximate surface area is 76.2 Å². The minimum Gasteiger partial charge on any atom is -0.390 e. The highest BCUT2D eigenvalue weighted by Crippen LogP contribution is 2.22. The summed E-state index contributed by atoms with van der Waals surface area (Å²) in [6.45, 7) is 4.87. The lowest BCUT2D eigenvalue weighted by Gasteiger charge is -2.24. The van der Waals surface area contributed by atoms with Crippen LogP contribution in [0, 0.1) is 0 Å². The fourth-order valence-corrected chi connectivity index (χ4v) is 1.38. The molecule has 0 radical (unpaired) electrons. The van der Waals surface area contributed by atoms with Crippen molar-refractivity contribution in [1.82, 2.24) is 0 Å². The molecule has 12 heavy (non-hydrogen) atoms. The van der Waals surface area contributed by atoms with Gasteiger partial charge in [-0.05, 0) is 32.2 Å². The molecule has 0 heterocycles. The molecule has 0 saturated heterocycles. The van der Waals surface area contributed by atoms with Crippen molar-refractivity contribution >= 4 is 0 Å². The molecular weight excluding hydrogens is 150 g/mol. The van der Waals surface area contributed by atoms with Gasteiger partial charge in [0.15, 0.2) is 0 Å². The summed E-state index contributed by atoms with van der Waals surface area (Å²) in [4.78, 5) is 0. The molecule has 0 fully saturated rings. The normalized spacial score (nSPS) is 12.0. The predicted octanol–water partition coefficient (Wildman–Crippen LogP) is 2.06. The third-order valence-corrected chi connectivity index (χ3v) is 2.66. The molecule has 0 aliphatic heterocycles. The standard InChI is InChI=1S/C10H23NO/c1-3-10(12,4-2)8-6-5-7-9-11/h12H,3-9,11H2,1-2H3. The summed E-state index contributed by atoms with van der Waals surface area (Å²) in [6, 6.07) is 0. The molecule has 74 valence electrons. The molecule has 0 saturated carbocycles. The zero-order valence-corrected chi connectivity index (χ0v) is 8.47. The van der Waals surface area contributed by atoms with Gasteiger partial charge in [0, 0.05) is 0 Å². The van der Waals surface area contributed by atoms with Gasteiger partial charge in [-0.3, -0.25) is 0 Å². The molecule has 0 aliphatic rings. The monoisotopic (exact) mass is 173 g/mol. The van der Waals surface area contributed by atoms with E-state index in [1.165, 1.54) is 0 Å². The number of rotatable bonds is 7. The largest absolute Gasteiger partial charge is 0.390 e. The van der Waals surface area contributed by atoms with Gasteiger partial charge in [-0.2, -0.15) is 0 Å². The van der Waals surface area contributed by atoms with E-state index in [-0.39, 0.29) is 0 Å². The van der Waals surface area contributed by atoms with E-state index < -0.39 is 5.60 Å². The lowest BCUT2D eigenvalue weighted by molar-refractivity contribution is 0.0212. The van der Waals surface area contributed by atoms with Crippen LogP contribution >= 0.6 is 0 Å². The smallest absolute Gasteiger partial charge is 0.0642 e.